The number of fused-ring (bicyclic) bond motifs is 1. The summed E-state index contributed by atoms with van der Waals surface area (Å²) in [5.74, 6) is -2.09. The highest BCUT2D eigenvalue weighted by molar-refractivity contribution is 6.67. The third-order valence-electron chi connectivity index (χ3n) is 8.68. The molecule has 0 unspecified atom stereocenters. The Morgan fingerprint density at radius 1 is 0.981 bits per heavy atom. The Bertz CT molecular complexity index is 2020. The van der Waals surface area contributed by atoms with Gasteiger partial charge >= 0.3 is 12.1 Å². The first-order chi connectivity index (χ1) is 25.3. The molecule has 0 radical (unpaired) electrons. The standard InChI is InChI=1S/C35H33Cl4N9O5/c1-20-5-10-24(12-28(20)48-16-22-14-42-32(44-25-4-3-11-40-15-25)45-29(22)46(2)33(48)51)43-31(50)27-18-47(34(52)53-19-35(37,38)39)17-26(27)30(49)41-13-21-6-8-23(36)9-7-21/h3-12,14-15,26-27H,13,16-19H2,1-2H3,(H,41,49)(H,43,50)(H,42,44,45)/t26-,27-/m1/s1. The van der Waals surface area contributed by atoms with Crippen molar-refractivity contribution in [3.05, 3.63) is 94.9 Å². The number of aryl methyl sites for hydroxylation is 1. The summed E-state index contributed by atoms with van der Waals surface area (Å²) in [7, 11) is 1.62. The van der Waals surface area contributed by atoms with Crippen LogP contribution in [0.4, 0.5) is 38.4 Å². The number of hydrogen-bond acceptors (Lipinski definition) is 9. The maximum absolute atomic E-state index is 13.9. The summed E-state index contributed by atoms with van der Waals surface area (Å²) in [5, 5.41) is 9.37. The summed E-state index contributed by atoms with van der Waals surface area (Å²) in [6, 6.07) is 15.4. The van der Waals surface area contributed by atoms with E-state index < -0.39 is 40.1 Å². The van der Waals surface area contributed by atoms with Gasteiger partial charge < -0.3 is 25.6 Å². The molecule has 3 N–H and O–H groups in total. The number of halogens is 4. The van der Waals surface area contributed by atoms with Crippen LogP contribution in [-0.2, 0) is 27.4 Å². The number of nitrogens with one attached hydrogen (secondary N) is 3. The predicted molar refractivity (Wildman–Crippen MR) is 203 cm³/mol. The minimum absolute atomic E-state index is 0.113. The lowest BCUT2D eigenvalue weighted by Crippen LogP contribution is -2.46. The monoisotopic (exact) mass is 799 g/mol. The lowest BCUT2D eigenvalue weighted by Gasteiger charge is -2.35. The molecule has 276 valence electrons. The number of urea groups is 1. The molecule has 1 fully saturated rings. The van der Waals surface area contributed by atoms with Crippen molar-refractivity contribution in [2.45, 2.75) is 23.8 Å². The van der Waals surface area contributed by atoms with Crippen LogP contribution in [0.25, 0.3) is 0 Å². The Hall–Kier alpha value is -4.89. The molecule has 18 heteroatoms. The van der Waals surface area contributed by atoms with Gasteiger partial charge in [0.2, 0.25) is 21.6 Å². The smallest absolute Gasteiger partial charge is 0.409 e. The van der Waals surface area contributed by atoms with Gasteiger partial charge in [-0.2, -0.15) is 4.98 Å². The van der Waals surface area contributed by atoms with E-state index in [0.717, 1.165) is 11.1 Å². The number of pyridine rings is 1. The van der Waals surface area contributed by atoms with Gasteiger partial charge in [-0.1, -0.05) is 64.6 Å². The second kappa shape index (κ2) is 16.0. The van der Waals surface area contributed by atoms with Gasteiger partial charge in [0.25, 0.3) is 0 Å². The highest BCUT2D eigenvalue weighted by Crippen LogP contribution is 2.34. The van der Waals surface area contributed by atoms with Crippen LogP contribution in [0.5, 0.6) is 0 Å². The van der Waals surface area contributed by atoms with Crippen molar-refractivity contribution >= 4 is 99.2 Å². The zero-order valence-corrected chi connectivity index (χ0v) is 31.4. The number of alkyl halides is 3. The molecule has 0 spiro atoms. The molecular weight excluding hydrogens is 768 g/mol. The summed E-state index contributed by atoms with van der Waals surface area (Å²) >= 11 is 23.3. The van der Waals surface area contributed by atoms with E-state index in [1.807, 2.05) is 13.0 Å². The third kappa shape index (κ3) is 9.19. The van der Waals surface area contributed by atoms with Crippen LogP contribution in [0.15, 0.2) is 73.2 Å². The molecule has 4 heterocycles. The van der Waals surface area contributed by atoms with Crippen molar-refractivity contribution in [1.82, 2.24) is 25.2 Å². The van der Waals surface area contributed by atoms with E-state index in [-0.39, 0.29) is 32.2 Å². The molecule has 14 nitrogen and oxygen atoms in total. The molecule has 0 bridgehead atoms. The first kappa shape index (κ1) is 37.9. The molecule has 1 saturated heterocycles. The fraction of sp³-hybridized carbons (Fsp3) is 0.286. The number of carbonyl (C=O) groups excluding carboxylic acids is 4. The number of amides is 5. The minimum atomic E-state index is -1.84. The Balaban J connectivity index is 1.18. The van der Waals surface area contributed by atoms with E-state index in [2.05, 4.69) is 30.9 Å². The van der Waals surface area contributed by atoms with Crippen molar-refractivity contribution in [2.24, 2.45) is 11.8 Å². The summed E-state index contributed by atoms with van der Waals surface area (Å²) in [4.78, 5) is 71.3. The minimum Gasteiger partial charge on any atom is -0.445 e. The van der Waals surface area contributed by atoms with Crippen molar-refractivity contribution in [3.63, 3.8) is 0 Å². The number of aromatic nitrogens is 3. The van der Waals surface area contributed by atoms with Gasteiger partial charge in [0.15, 0.2) is 0 Å². The number of nitrogens with zero attached hydrogens (tertiary/aromatic N) is 6. The van der Waals surface area contributed by atoms with E-state index in [1.54, 1.807) is 79.1 Å². The molecule has 2 aromatic heterocycles. The lowest BCUT2D eigenvalue weighted by atomic mass is 9.94. The Labute approximate surface area is 324 Å². The molecule has 2 aliphatic heterocycles. The van der Waals surface area contributed by atoms with Crippen LogP contribution in [-0.4, -0.2) is 74.3 Å². The van der Waals surface area contributed by atoms with Crippen molar-refractivity contribution in [3.8, 4) is 0 Å². The van der Waals surface area contributed by atoms with Gasteiger partial charge in [-0.3, -0.25) is 24.4 Å². The zero-order chi connectivity index (χ0) is 37.9. The Kier molecular flexibility index (Phi) is 11.4. The fourth-order valence-corrected chi connectivity index (χ4v) is 6.27. The zero-order valence-electron chi connectivity index (χ0n) is 28.4. The van der Waals surface area contributed by atoms with Crippen molar-refractivity contribution < 1.29 is 23.9 Å². The van der Waals surface area contributed by atoms with Crippen molar-refractivity contribution in [1.29, 1.82) is 0 Å². The topological polar surface area (TPSA) is 162 Å². The Morgan fingerprint density at radius 2 is 1.72 bits per heavy atom. The molecule has 5 amide bonds. The van der Waals surface area contributed by atoms with Crippen LogP contribution in [0.3, 0.4) is 0 Å². The maximum Gasteiger partial charge on any atom is 0.409 e. The number of benzene rings is 2. The third-order valence-corrected chi connectivity index (χ3v) is 9.26. The van der Waals surface area contributed by atoms with E-state index in [9.17, 15) is 19.2 Å². The normalized spacial score (nSPS) is 16.9. The molecule has 53 heavy (non-hydrogen) atoms. The van der Waals surface area contributed by atoms with E-state index >= 15 is 0 Å². The van der Waals surface area contributed by atoms with Gasteiger partial charge in [0.05, 0.1) is 36.0 Å². The summed E-state index contributed by atoms with van der Waals surface area (Å²) in [6.45, 7) is 1.43. The number of likely N-dealkylation sites (tertiary alicyclic amines) is 1. The number of carbonyl (C=O) groups is 4. The van der Waals surface area contributed by atoms with Gasteiger partial charge in [-0.25, -0.2) is 14.6 Å². The van der Waals surface area contributed by atoms with Crippen LogP contribution < -0.4 is 25.8 Å². The van der Waals surface area contributed by atoms with Crippen LogP contribution in [0, 0.1) is 18.8 Å². The van der Waals surface area contributed by atoms with E-state index in [0.29, 0.717) is 39.4 Å². The van der Waals surface area contributed by atoms with Gasteiger partial charge in [0.1, 0.15) is 12.4 Å². The lowest BCUT2D eigenvalue weighted by molar-refractivity contribution is -0.130. The number of hydrogen-bond donors (Lipinski definition) is 3. The van der Waals surface area contributed by atoms with Crippen LogP contribution in [0.1, 0.15) is 16.7 Å². The SMILES string of the molecule is Cc1ccc(NC(=O)[C@@H]2CN(C(=O)OCC(Cl)(Cl)Cl)C[C@H]2C(=O)NCc2ccc(Cl)cc2)cc1N1Cc2cnc(Nc3cccnc3)nc2N(C)C1=O. The molecule has 2 atom stereocenters. The molecular formula is C35H33Cl4N9O5. The molecule has 2 aliphatic rings. The van der Waals surface area contributed by atoms with E-state index in [1.165, 1.54) is 9.80 Å². The largest absolute Gasteiger partial charge is 0.445 e. The summed E-state index contributed by atoms with van der Waals surface area (Å²) < 4.78 is 3.29. The molecule has 6 rings (SSSR count). The van der Waals surface area contributed by atoms with E-state index in [4.69, 9.17) is 51.1 Å². The summed E-state index contributed by atoms with van der Waals surface area (Å²) in [6.07, 6.45) is 4.11. The van der Waals surface area contributed by atoms with Crippen LogP contribution >= 0.6 is 46.4 Å². The first-order valence-electron chi connectivity index (χ1n) is 16.3. The highest BCUT2D eigenvalue weighted by atomic mass is 35.6. The number of anilines is 5. The quantitative estimate of drug-likeness (QED) is 0.161. The van der Waals surface area contributed by atoms with Gasteiger partial charge in [0, 0.05) is 55.3 Å². The molecule has 0 saturated carbocycles. The molecule has 4 aromatic rings. The average molecular weight is 802 g/mol. The second-order valence-corrected chi connectivity index (χ2v) is 15.4. The molecule has 0 aliphatic carbocycles. The number of ether oxygens (including phenoxy) is 1. The predicted octanol–water partition coefficient (Wildman–Crippen LogP) is 6.46. The fourth-order valence-electron chi connectivity index (χ4n) is 5.98. The maximum atomic E-state index is 13.9. The van der Waals surface area contributed by atoms with Gasteiger partial charge in [-0.15, -0.1) is 0 Å². The summed E-state index contributed by atoms with van der Waals surface area (Å²) in [5.41, 5.74) is 3.89. The Morgan fingerprint density at radius 3 is 2.42 bits per heavy atom. The second-order valence-electron chi connectivity index (χ2n) is 12.5. The van der Waals surface area contributed by atoms with Crippen molar-refractivity contribution in [2.75, 3.05) is 47.2 Å². The highest BCUT2D eigenvalue weighted by Gasteiger charge is 2.44. The number of rotatable bonds is 9. The average Bonchev–Trinajstić information content (AvgIpc) is 3.59. The first-order valence-corrected chi connectivity index (χ1v) is 17.8. The van der Waals surface area contributed by atoms with Gasteiger partial charge in [-0.05, 0) is 54.4 Å². The molecule has 2 aromatic carbocycles. The van der Waals surface area contributed by atoms with Crippen LogP contribution in [0.2, 0.25) is 5.02 Å².